The predicted octanol–water partition coefficient (Wildman–Crippen LogP) is 2.05. The molecule has 1 amide bonds. The summed E-state index contributed by atoms with van der Waals surface area (Å²) in [5, 5.41) is 10.3. The smallest absolute Gasteiger partial charge is 0.247 e. The molecule has 6 nitrogen and oxygen atoms in total. The lowest BCUT2D eigenvalue weighted by atomic mass is 10.0. The van der Waals surface area contributed by atoms with Gasteiger partial charge in [0, 0.05) is 17.2 Å². The lowest BCUT2D eigenvalue weighted by molar-refractivity contribution is -0.119. The molecule has 0 spiro atoms. The first-order valence-electron chi connectivity index (χ1n) is 6.58. The van der Waals surface area contributed by atoms with Crippen LogP contribution in [0.25, 0.3) is 11.5 Å². The van der Waals surface area contributed by atoms with Gasteiger partial charge < -0.3 is 15.5 Å². The standard InChI is InChI=1S/C14H18N4O2/c1-10(3-2-8-15)13(19)17-12-6-4-11(5-7-12)14-18-16-9-20-14/h4-7,9-10H,2-3,8,15H2,1H3,(H,17,19). The number of rotatable bonds is 6. The van der Waals surface area contributed by atoms with E-state index in [0.717, 1.165) is 24.1 Å². The second-order valence-corrected chi connectivity index (χ2v) is 4.64. The predicted molar refractivity (Wildman–Crippen MR) is 75.8 cm³/mol. The van der Waals surface area contributed by atoms with E-state index in [1.54, 1.807) is 0 Å². The van der Waals surface area contributed by atoms with Gasteiger partial charge in [0.25, 0.3) is 0 Å². The Balaban J connectivity index is 1.95. The highest BCUT2D eigenvalue weighted by Crippen LogP contribution is 2.19. The van der Waals surface area contributed by atoms with Gasteiger partial charge in [-0.25, -0.2) is 0 Å². The van der Waals surface area contributed by atoms with E-state index in [1.807, 2.05) is 31.2 Å². The molecule has 6 heteroatoms. The van der Waals surface area contributed by atoms with Crippen LogP contribution < -0.4 is 11.1 Å². The molecule has 1 aromatic heterocycles. The molecule has 2 aromatic rings. The van der Waals surface area contributed by atoms with E-state index in [4.69, 9.17) is 10.2 Å². The Morgan fingerprint density at radius 2 is 2.15 bits per heavy atom. The summed E-state index contributed by atoms with van der Waals surface area (Å²) in [7, 11) is 0. The number of hydrogen-bond donors (Lipinski definition) is 2. The van der Waals surface area contributed by atoms with E-state index >= 15 is 0 Å². The van der Waals surface area contributed by atoms with Crippen molar-refractivity contribution in [3.63, 3.8) is 0 Å². The van der Waals surface area contributed by atoms with E-state index in [2.05, 4.69) is 15.5 Å². The van der Waals surface area contributed by atoms with Crippen molar-refractivity contribution in [2.45, 2.75) is 19.8 Å². The summed E-state index contributed by atoms with van der Waals surface area (Å²) in [5.74, 6) is 0.414. The minimum absolute atomic E-state index is 0.00369. The zero-order valence-electron chi connectivity index (χ0n) is 11.4. The topological polar surface area (TPSA) is 94.0 Å². The number of benzene rings is 1. The van der Waals surface area contributed by atoms with Gasteiger partial charge in [-0.2, -0.15) is 0 Å². The monoisotopic (exact) mass is 274 g/mol. The van der Waals surface area contributed by atoms with Crippen LogP contribution in [0.3, 0.4) is 0 Å². The zero-order chi connectivity index (χ0) is 14.4. The molecule has 0 aliphatic rings. The van der Waals surface area contributed by atoms with Gasteiger partial charge in [0.15, 0.2) is 0 Å². The molecule has 1 aromatic carbocycles. The molecule has 1 atom stereocenters. The molecule has 0 saturated heterocycles. The lowest BCUT2D eigenvalue weighted by Gasteiger charge is -2.11. The van der Waals surface area contributed by atoms with Crippen molar-refractivity contribution in [2.75, 3.05) is 11.9 Å². The summed E-state index contributed by atoms with van der Waals surface area (Å²) in [5.41, 5.74) is 7.01. The molecular weight excluding hydrogens is 256 g/mol. The van der Waals surface area contributed by atoms with Crippen LogP contribution in [0.15, 0.2) is 35.1 Å². The average Bonchev–Trinajstić information content (AvgIpc) is 2.99. The number of nitrogens with one attached hydrogen (secondary N) is 1. The third-order valence-electron chi connectivity index (χ3n) is 3.05. The minimum Gasteiger partial charge on any atom is -0.423 e. The Kier molecular flexibility index (Phi) is 4.84. The summed E-state index contributed by atoms with van der Waals surface area (Å²) >= 11 is 0. The first-order valence-corrected chi connectivity index (χ1v) is 6.58. The van der Waals surface area contributed by atoms with Crippen LogP contribution >= 0.6 is 0 Å². The quantitative estimate of drug-likeness (QED) is 0.840. The molecule has 0 aliphatic carbocycles. The molecular formula is C14H18N4O2. The lowest BCUT2D eigenvalue weighted by Crippen LogP contribution is -2.21. The Hall–Kier alpha value is -2.21. The second kappa shape index (κ2) is 6.81. The van der Waals surface area contributed by atoms with Gasteiger partial charge >= 0.3 is 0 Å². The Morgan fingerprint density at radius 1 is 1.40 bits per heavy atom. The Morgan fingerprint density at radius 3 is 2.75 bits per heavy atom. The molecule has 0 radical (unpaired) electrons. The third-order valence-corrected chi connectivity index (χ3v) is 3.05. The first kappa shape index (κ1) is 14.2. The van der Waals surface area contributed by atoms with Gasteiger partial charge in [0.05, 0.1) is 0 Å². The van der Waals surface area contributed by atoms with Gasteiger partial charge in [-0.3, -0.25) is 4.79 Å². The number of amides is 1. The molecule has 1 heterocycles. The zero-order valence-corrected chi connectivity index (χ0v) is 11.4. The van der Waals surface area contributed by atoms with Gasteiger partial charge in [0.2, 0.25) is 18.2 Å². The summed E-state index contributed by atoms with van der Waals surface area (Å²) in [6, 6.07) is 7.28. The van der Waals surface area contributed by atoms with E-state index in [0.29, 0.717) is 12.4 Å². The normalized spacial score (nSPS) is 12.1. The Bertz CT molecular complexity index is 537. The van der Waals surface area contributed by atoms with Crippen molar-refractivity contribution in [1.29, 1.82) is 0 Å². The molecule has 106 valence electrons. The third kappa shape index (κ3) is 3.64. The average molecular weight is 274 g/mol. The molecule has 0 aliphatic heterocycles. The van der Waals surface area contributed by atoms with Crippen molar-refractivity contribution < 1.29 is 9.21 Å². The van der Waals surface area contributed by atoms with Crippen molar-refractivity contribution in [2.24, 2.45) is 11.7 Å². The maximum Gasteiger partial charge on any atom is 0.247 e. The maximum absolute atomic E-state index is 11.9. The molecule has 1 unspecified atom stereocenters. The van der Waals surface area contributed by atoms with Crippen LogP contribution in [0.5, 0.6) is 0 Å². The van der Waals surface area contributed by atoms with Crippen LogP contribution in [0, 0.1) is 5.92 Å². The summed E-state index contributed by atoms with van der Waals surface area (Å²) in [4.78, 5) is 11.9. The fraction of sp³-hybridized carbons (Fsp3) is 0.357. The summed E-state index contributed by atoms with van der Waals surface area (Å²) in [6.45, 7) is 2.51. The van der Waals surface area contributed by atoms with Gasteiger partial charge in [-0.1, -0.05) is 6.92 Å². The minimum atomic E-state index is -0.0471. The number of carbonyl (C=O) groups excluding carboxylic acids is 1. The van der Waals surface area contributed by atoms with Crippen LogP contribution in [0.4, 0.5) is 5.69 Å². The Labute approximate surface area is 117 Å². The van der Waals surface area contributed by atoms with Crippen molar-refractivity contribution in [3.05, 3.63) is 30.7 Å². The van der Waals surface area contributed by atoms with Gasteiger partial charge in [-0.05, 0) is 43.7 Å². The summed E-state index contributed by atoms with van der Waals surface area (Å²) < 4.78 is 5.10. The number of nitrogens with zero attached hydrogens (tertiary/aromatic N) is 2. The van der Waals surface area contributed by atoms with Crippen molar-refractivity contribution in [3.8, 4) is 11.5 Å². The van der Waals surface area contributed by atoms with Crippen molar-refractivity contribution >= 4 is 11.6 Å². The fourth-order valence-corrected chi connectivity index (χ4v) is 1.82. The molecule has 0 saturated carbocycles. The summed E-state index contributed by atoms with van der Waals surface area (Å²) in [6.07, 6.45) is 2.93. The number of nitrogens with two attached hydrogens (primary N) is 1. The molecule has 0 fully saturated rings. The highest BCUT2D eigenvalue weighted by Gasteiger charge is 2.12. The van der Waals surface area contributed by atoms with Gasteiger partial charge in [0.1, 0.15) is 0 Å². The van der Waals surface area contributed by atoms with E-state index in [1.165, 1.54) is 6.39 Å². The second-order valence-electron chi connectivity index (χ2n) is 4.64. The van der Waals surface area contributed by atoms with Crippen LogP contribution in [-0.4, -0.2) is 22.6 Å². The largest absolute Gasteiger partial charge is 0.423 e. The number of aromatic nitrogens is 2. The fourth-order valence-electron chi connectivity index (χ4n) is 1.82. The highest BCUT2D eigenvalue weighted by molar-refractivity contribution is 5.92. The number of anilines is 1. The van der Waals surface area contributed by atoms with Crippen molar-refractivity contribution in [1.82, 2.24) is 10.2 Å². The maximum atomic E-state index is 11.9. The van der Waals surface area contributed by atoms with E-state index in [9.17, 15) is 4.79 Å². The SMILES string of the molecule is CC(CCCN)C(=O)Nc1ccc(-c2nnco2)cc1. The van der Waals surface area contributed by atoms with Crippen LogP contribution in [0.2, 0.25) is 0 Å². The molecule has 20 heavy (non-hydrogen) atoms. The van der Waals surface area contributed by atoms with Crippen LogP contribution in [-0.2, 0) is 4.79 Å². The molecule has 2 rings (SSSR count). The first-order chi connectivity index (χ1) is 9.70. The molecule has 0 bridgehead atoms. The van der Waals surface area contributed by atoms with E-state index < -0.39 is 0 Å². The molecule has 3 N–H and O–H groups in total. The highest BCUT2D eigenvalue weighted by atomic mass is 16.4. The van der Waals surface area contributed by atoms with Crippen LogP contribution in [0.1, 0.15) is 19.8 Å². The van der Waals surface area contributed by atoms with Gasteiger partial charge in [-0.15, -0.1) is 10.2 Å². The number of carbonyl (C=O) groups is 1. The van der Waals surface area contributed by atoms with E-state index in [-0.39, 0.29) is 11.8 Å². The number of hydrogen-bond acceptors (Lipinski definition) is 5.